The second-order valence-corrected chi connectivity index (χ2v) is 4.56. The van der Waals surface area contributed by atoms with Gasteiger partial charge in [-0.1, -0.05) is 34.6 Å². The maximum absolute atomic E-state index is 5.97. The van der Waals surface area contributed by atoms with Crippen LogP contribution >= 0.6 is 0 Å². The lowest BCUT2D eigenvalue weighted by Gasteiger charge is -2.45. The van der Waals surface area contributed by atoms with Gasteiger partial charge < -0.3 is 4.43 Å². The van der Waals surface area contributed by atoms with Gasteiger partial charge in [0.2, 0.25) is 0 Å². The van der Waals surface area contributed by atoms with Crippen molar-refractivity contribution in [3.8, 4) is 0 Å². The first kappa shape index (κ1) is 17.1. The van der Waals surface area contributed by atoms with Crippen molar-refractivity contribution in [1.29, 1.82) is 0 Å². The van der Waals surface area contributed by atoms with Gasteiger partial charge in [0, 0.05) is 0 Å². The molecule has 0 aliphatic heterocycles. The van der Waals surface area contributed by atoms with Gasteiger partial charge in [-0.2, -0.15) is 0 Å². The first-order valence-electron chi connectivity index (χ1n) is 6.91. The van der Waals surface area contributed by atoms with E-state index >= 15 is 0 Å². The van der Waals surface area contributed by atoms with E-state index < -0.39 is 0 Å². The molecule has 1 N–H and O–H groups in total. The summed E-state index contributed by atoms with van der Waals surface area (Å²) in [4.78, 5) is 4.79. The minimum atomic E-state index is -0.295. The van der Waals surface area contributed by atoms with Crippen LogP contribution in [0.4, 0.5) is 0 Å². The second-order valence-electron chi connectivity index (χ2n) is 4.15. The van der Waals surface area contributed by atoms with Crippen LogP contribution in [-0.4, -0.2) is 65.4 Å². The summed E-state index contributed by atoms with van der Waals surface area (Å²) in [7, 11) is 0.747. The van der Waals surface area contributed by atoms with Crippen LogP contribution in [0.15, 0.2) is 0 Å². The van der Waals surface area contributed by atoms with Crippen molar-refractivity contribution in [1.82, 2.24) is 15.1 Å². The molecule has 0 aromatic rings. The minimum Gasteiger partial charge on any atom is -0.398 e. The highest BCUT2D eigenvalue weighted by Crippen LogP contribution is 2.15. The van der Waals surface area contributed by atoms with Crippen LogP contribution in [-0.2, 0) is 4.43 Å². The average Bonchev–Trinajstić information content (AvgIpc) is 2.37. The van der Waals surface area contributed by atoms with E-state index in [-0.39, 0.29) is 5.85 Å². The molecule has 4 nitrogen and oxygen atoms in total. The maximum Gasteiger partial charge on any atom is 0.180 e. The van der Waals surface area contributed by atoms with Crippen LogP contribution in [0.1, 0.15) is 34.6 Å². The van der Waals surface area contributed by atoms with Gasteiger partial charge in [0.25, 0.3) is 0 Å². The molecule has 1 atom stereocenters. The quantitative estimate of drug-likeness (QED) is 0.450. The SMILES string of the molecule is CCNC(CN(CC)CC)(O[SiH3])N(CC)CC. The largest absolute Gasteiger partial charge is 0.398 e. The molecule has 0 saturated heterocycles. The van der Waals surface area contributed by atoms with E-state index in [9.17, 15) is 0 Å². The van der Waals surface area contributed by atoms with Gasteiger partial charge in [-0.15, -0.1) is 0 Å². The summed E-state index contributed by atoms with van der Waals surface area (Å²) in [5.41, 5.74) is 0. The molecule has 0 aromatic carbocycles. The van der Waals surface area contributed by atoms with E-state index in [2.05, 4.69) is 49.7 Å². The lowest BCUT2D eigenvalue weighted by Crippen LogP contribution is -2.65. The van der Waals surface area contributed by atoms with Gasteiger partial charge in [0.1, 0.15) is 10.5 Å². The number of likely N-dealkylation sites (N-methyl/N-ethyl adjacent to an activating group) is 3. The Bertz CT molecular complexity index is 187. The number of rotatable bonds is 10. The molecule has 0 fully saturated rings. The zero-order valence-corrected chi connectivity index (χ0v) is 14.5. The molecule has 17 heavy (non-hydrogen) atoms. The highest BCUT2D eigenvalue weighted by atomic mass is 28.2. The molecule has 0 aromatic heterocycles. The summed E-state index contributed by atoms with van der Waals surface area (Å²) < 4.78 is 5.97. The monoisotopic (exact) mass is 261 g/mol. The minimum absolute atomic E-state index is 0.295. The smallest absolute Gasteiger partial charge is 0.180 e. The molecule has 0 bridgehead atoms. The first-order chi connectivity index (χ1) is 8.13. The van der Waals surface area contributed by atoms with Crippen molar-refractivity contribution in [3.63, 3.8) is 0 Å². The predicted molar refractivity (Wildman–Crippen MR) is 78.1 cm³/mol. The van der Waals surface area contributed by atoms with Crippen LogP contribution in [0.25, 0.3) is 0 Å². The van der Waals surface area contributed by atoms with Crippen molar-refractivity contribution >= 4 is 10.5 Å². The third kappa shape index (κ3) is 4.67. The lowest BCUT2D eigenvalue weighted by atomic mass is 10.2. The Balaban J connectivity index is 4.90. The Morgan fingerprint density at radius 2 is 1.53 bits per heavy atom. The standard InChI is InChI=1S/C12H31N3OSi/c1-6-13-12(16-17,15(9-4)10-5)11-14(7-2)8-3/h13H,6-11H2,1-5,17H3. The third-order valence-corrected chi connectivity index (χ3v) is 4.07. The van der Waals surface area contributed by atoms with Crippen molar-refractivity contribution in [3.05, 3.63) is 0 Å². The number of nitrogens with zero attached hydrogens (tertiary/aromatic N) is 2. The topological polar surface area (TPSA) is 27.7 Å². The average molecular weight is 261 g/mol. The zero-order valence-electron chi connectivity index (χ0n) is 12.5. The summed E-state index contributed by atoms with van der Waals surface area (Å²) in [5, 5.41) is 3.54. The Morgan fingerprint density at radius 3 is 1.82 bits per heavy atom. The van der Waals surface area contributed by atoms with E-state index in [4.69, 9.17) is 4.43 Å². The normalized spacial score (nSPS) is 15.7. The van der Waals surface area contributed by atoms with E-state index in [0.717, 1.165) is 49.8 Å². The van der Waals surface area contributed by atoms with Crippen molar-refractivity contribution < 1.29 is 4.43 Å². The molecular formula is C12H31N3OSi. The highest BCUT2D eigenvalue weighted by Gasteiger charge is 2.35. The molecule has 0 rings (SSSR count). The Kier molecular flexibility index (Phi) is 9.08. The van der Waals surface area contributed by atoms with E-state index in [1.54, 1.807) is 0 Å². The van der Waals surface area contributed by atoms with Gasteiger partial charge in [-0.25, -0.2) is 0 Å². The fraction of sp³-hybridized carbons (Fsp3) is 1.00. The summed E-state index contributed by atoms with van der Waals surface area (Å²) in [6.45, 7) is 16.9. The van der Waals surface area contributed by atoms with Gasteiger partial charge >= 0.3 is 0 Å². The molecule has 1 unspecified atom stereocenters. The van der Waals surface area contributed by atoms with Crippen LogP contribution in [0.3, 0.4) is 0 Å². The Labute approximate surface area is 110 Å². The number of hydrogen-bond acceptors (Lipinski definition) is 4. The third-order valence-electron chi connectivity index (χ3n) is 3.40. The summed E-state index contributed by atoms with van der Waals surface area (Å²) in [6, 6.07) is 0. The molecule has 0 spiro atoms. The van der Waals surface area contributed by atoms with E-state index in [1.165, 1.54) is 0 Å². The van der Waals surface area contributed by atoms with Gasteiger partial charge in [0.05, 0.1) is 6.54 Å². The Hall–Kier alpha value is 0.0569. The fourth-order valence-electron chi connectivity index (χ4n) is 2.29. The molecule has 0 radical (unpaired) electrons. The maximum atomic E-state index is 5.97. The molecule has 0 amide bonds. The Morgan fingerprint density at radius 1 is 1.00 bits per heavy atom. The van der Waals surface area contributed by atoms with Crippen molar-refractivity contribution in [2.45, 2.75) is 40.5 Å². The van der Waals surface area contributed by atoms with Gasteiger partial charge in [-0.3, -0.25) is 15.1 Å². The van der Waals surface area contributed by atoms with Gasteiger partial charge in [0.15, 0.2) is 5.85 Å². The molecule has 0 aliphatic rings. The number of nitrogens with one attached hydrogen (secondary N) is 1. The molecule has 0 aliphatic carbocycles. The van der Waals surface area contributed by atoms with Crippen LogP contribution in [0.5, 0.6) is 0 Å². The van der Waals surface area contributed by atoms with E-state index in [1.807, 2.05) is 0 Å². The van der Waals surface area contributed by atoms with Crippen LogP contribution in [0, 0.1) is 0 Å². The molecule has 0 heterocycles. The molecular weight excluding hydrogens is 230 g/mol. The van der Waals surface area contributed by atoms with E-state index in [0.29, 0.717) is 0 Å². The fourth-order valence-corrected chi connectivity index (χ4v) is 2.83. The zero-order chi connectivity index (χ0) is 13.3. The number of hydrogen-bond donors (Lipinski definition) is 1. The molecule has 104 valence electrons. The summed E-state index contributed by atoms with van der Waals surface area (Å²) >= 11 is 0. The molecule has 0 saturated carbocycles. The highest BCUT2D eigenvalue weighted by molar-refractivity contribution is 5.98. The molecule has 5 heteroatoms. The second kappa shape index (κ2) is 9.05. The van der Waals surface area contributed by atoms with Gasteiger partial charge in [-0.05, 0) is 32.7 Å². The van der Waals surface area contributed by atoms with Crippen molar-refractivity contribution in [2.24, 2.45) is 0 Å². The van der Waals surface area contributed by atoms with Crippen LogP contribution in [0.2, 0.25) is 0 Å². The first-order valence-corrected chi connectivity index (χ1v) is 7.73. The summed E-state index contributed by atoms with van der Waals surface area (Å²) in [6.07, 6.45) is 0. The summed E-state index contributed by atoms with van der Waals surface area (Å²) in [5.74, 6) is -0.295. The predicted octanol–water partition coefficient (Wildman–Crippen LogP) is 0.230. The van der Waals surface area contributed by atoms with Crippen LogP contribution < -0.4 is 5.32 Å². The van der Waals surface area contributed by atoms with Crippen molar-refractivity contribution in [2.75, 3.05) is 39.3 Å². The lowest BCUT2D eigenvalue weighted by molar-refractivity contribution is -0.120.